The van der Waals surface area contributed by atoms with Crippen molar-refractivity contribution >= 4 is 11.7 Å². The number of β-amino-alcohol motifs (C(OH)–C–C–N with tert-alkyl or cyclic N) is 1. The van der Waals surface area contributed by atoms with Gasteiger partial charge in [-0.05, 0) is 54.8 Å². The molecule has 1 atom stereocenters. The summed E-state index contributed by atoms with van der Waals surface area (Å²) in [6, 6.07) is 16.7. The van der Waals surface area contributed by atoms with Gasteiger partial charge in [0.05, 0.1) is 12.1 Å². The molecular weight excluding hydrogens is 508 g/mol. The number of aromatic nitrogens is 1. The van der Waals surface area contributed by atoms with Crippen LogP contribution in [0.1, 0.15) is 27.0 Å². The van der Waals surface area contributed by atoms with Crippen molar-refractivity contribution in [1.29, 1.82) is 0 Å². The Morgan fingerprint density at radius 3 is 2.27 bits per heavy atom. The summed E-state index contributed by atoms with van der Waals surface area (Å²) in [5.74, 6) is 0.911. The van der Waals surface area contributed by atoms with Crippen LogP contribution in [0.5, 0.6) is 11.5 Å². The van der Waals surface area contributed by atoms with Gasteiger partial charge in [-0.3, -0.25) is 24.4 Å². The number of ketones is 1. The van der Waals surface area contributed by atoms with Crippen molar-refractivity contribution in [3.8, 4) is 11.5 Å². The zero-order valence-electron chi connectivity index (χ0n) is 23.2. The third-order valence-corrected chi connectivity index (χ3v) is 7.02. The predicted molar refractivity (Wildman–Crippen MR) is 153 cm³/mol. The first-order valence-corrected chi connectivity index (χ1v) is 13.6. The van der Waals surface area contributed by atoms with Crippen molar-refractivity contribution in [3.05, 3.63) is 89.2 Å². The Balaban J connectivity index is 1.16. The van der Waals surface area contributed by atoms with Crippen molar-refractivity contribution in [3.63, 3.8) is 0 Å². The number of nitrogens with one attached hydrogen (secondary N) is 1. The average molecular weight is 547 g/mol. The molecule has 9 heteroatoms. The van der Waals surface area contributed by atoms with Crippen LogP contribution in [0.3, 0.4) is 0 Å². The summed E-state index contributed by atoms with van der Waals surface area (Å²) in [7, 11) is 0. The van der Waals surface area contributed by atoms with E-state index in [-0.39, 0.29) is 25.0 Å². The molecule has 0 saturated carbocycles. The summed E-state index contributed by atoms with van der Waals surface area (Å²) in [4.78, 5) is 33.2. The van der Waals surface area contributed by atoms with Gasteiger partial charge in [0.15, 0.2) is 24.0 Å². The van der Waals surface area contributed by atoms with E-state index in [1.807, 2.05) is 18.2 Å². The van der Waals surface area contributed by atoms with Gasteiger partial charge in [-0.15, -0.1) is 0 Å². The van der Waals surface area contributed by atoms with E-state index >= 15 is 0 Å². The van der Waals surface area contributed by atoms with E-state index in [1.54, 1.807) is 30.5 Å². The zero-order chi connectivity index (χ0) is 28.3. The SMILES string of the molecule is Cc1cccc(C)c1CC(=O)CN1CCN(CC(O)COc2ccccc2OCNC(=O)c2cccnc2)CC1. The van der Waals surface area contributed by atoms with Crippen LogP contribution < -0.4 is 14.8 Å². The maximum Gasteiger partial charge on any atom is 0.255 e. The molecule has 1 fully saturated rings. The van der Waals surface area contributed by atoms with Crippen LogP contribution in [-0.4, -0.2) is 90.3 Å². The molecule has 1 aliphatic heterocycles. The lowest BCUT2D eigenvalue weighted by Crippen LogP contribution is -2.50. The lowest BCUT2D eigenvalue weighted by molar-refractivity contribution is -0.120. The normalized spacial score (nSPS) is 14.9. The minimum Gasteiger partial charge on any atom is -0.487 e. The van der Waals surface area contributed by atoms with E-state index in [1.165, 1.54) is 6.20 Å². The standard InChI is InChI=1S/C31H38N4O5/c1-23-7-5-8-24(2)28(23)17-26(36)19-34-13-15-35(16-14-34)20-27(37)21-39-29-10-3-4-11-30(29)40-22-33-31(38)25-9-6-12-32-18-25/h3-12,18,27,37H,13-17,19-22H2,1-2H3,(H,33,38). The molecule has 0 radical (unpaired) electrons. The quantitative estimate of drug-likeness (QED) is 0.316. The van der Waals surface area contributed by atoms with Crippen molar-refractivity contribution in [2.45, 2.75) is 26.4 Å². The van der Waals surface area contributed by atoms with Gasteiger partial charge in [-0.2, -0.15) is 0 Å². The number of amides is 1. The summed E-state index contributed by atoms with van der Waals surface area (Å²) in [6.45, 7) is 8.25. The summed E-state index contributed by atoms with van der Waals surface area (Å²) in [6.07, 6.45) is 2.88. The first kappa shape index (κ1) is 29.2. The molecule has 0 aliphatic carbocycles. The molecule has 1 aliphatic rings. The molecule has 4 rings (SSSR count). The van der Waals surface area contributed by atoms with Crippen LogP contribution in [0.25, 0.3) is 0 Å². The largest absolute Gasteiger partial charge is 0.487 e. The van der Waals surface area contributed by atoms with Crippen LogP contribution in [-0.2, 0) is 11.2 Å². The number of aryl methyl sites for hydroxylation is 2. The highest BCUT2D eigenvalue weighted by Gasteiger charge is 2.22. The number of piperazine rings is 1. The number of ether oxygens (including phenoxy) is 2. The number of hydrogen-bond donors (Lipinski definition) is 2. The number of para-hydroxylation sites is 2. The number of benzene rings is 2. The van der Waals surface area contributed by atoms with Crippen LogP contribution in [0.4, 0.5) is 0 Å². The van der Waals surface area contributed by atoms with E-state index in [2.05, 4.69) is 46.1 Å². The number of aliphatic hydroxyl groups is 1. The molecular formula is C31H38N4O5. The Bertz CT molecular complexity index is 1240. The molecule has 2 aromatic carbocycles. The fraction of sp³-hybridized carbons (Fsp3) is 0.387. The smallest absolute Gasteiger partial charge is 0.255 e. The highest BCUT2D eigenvalue weighted by molar-refractivity contribution is 5.93. The minimum atomic E-state index is -0.685. The number of aliphatic hydroxyl groups excluding tert-OH is 1. The molecule has 40 heavy (non-hydrogen) atoms. The summed E-state index contributed by atoms with van der Waals surface area (Å²) in [5, 5.41) is 13.3. The highest BCUT2D eigenvalue weighted by atomic mass is 16.5. The molecule has 1 unspecified atom stereocenters. The topological polar surface area (TPSA) is 104 Å². The highest BCUT2D eigenvalue weighted by Crippen LogP contribution is 2.26. The van der Waals surface area contributed by atoms with Crippen molar-refractivity contribution < 1.29 is 24.2 Å². The second-order valence-corrected chi connectivity index (χ2v) is 10.1. The predicted octanol–water partition coefficient (Wildman–Crippen LogP) is 2.63. The second kappa shape index (κ2) is 14.6. The molecule has 1 aromatic heterocycles. The number of nitrogens with zero attached hydrogens (tertiary/aromatic N) is 3. The average Bonchev–Trinajstić information content (AvgIpc) is 2.96. The summed E-state index contributed by atoms with van der Waals surface area (Å²) < 4.78 is 11.6. The maximum atomic E-state index is 12.7. The lowest BCUT2D eigenvalue weighted by atomic mass is 9.98. The van der Waals surface area contributed by atoms with Crippen LogP contribution in [0.15, 0.2) is 67.0 Å². The van der Waals surface area contributed by atoms with Gasteiger partial charge in [-0.25, -0.2) is 0 Å². The third-order valence-electron chi connectivity index (χ3n) is 7.02. The Morgan fingerprint density at radius 2 is 1.60 bits per heavy atom. The molecule has 1 saturated heterocycles. The Labute approximate surface area is 235 Å². The fourth-order valence-corrected chi connectivity index (χ4v) is 4.76. The van der Waals surface area contributed by atoms with Crippen LogP contribution >= 0.6 is 0 Å². The molecule has 0 spiro atoms. The van der Waals surface area contributed by atoms with Crippen LogP contribution in [0.2, 0.25) is 0 Å². The maximum absolute atomic E-state index is 12.7. The number of carbonyl (C=O) groups is 2. The van der Waals surface area contributed by atoms with Crippen molar-refractivity contribution in [2.75, 3.05) is 52.6 Å². The van der Waals surface area contributed by atoms with Gasteiger partial charge in [0.2, 0.25) is 0 Å². The number of hydrogen-bond acceptors (Lipinski definition) is 8. The monoisotopic (exact) mass is 546 g/mol. The van der Waals surface area contributed by atoms with Crippen molar-refractivity contribution in [2.24, 2.45) is 0 Å². The van der Waals surface area contributed by atoms with Gasteiger partial charge in [0, 0.05) is 51.5 Å². The third kappa shape index (κ3) is 8.61. The molecule has 9 nitrogen and oxygen atoms in total. The fourth-order valence-electron chi connectivity index (χ4n) is 4.76. The first-order valence-electron chi connectivity index (χ1n) is 13.6. The minimum absolute atomic E-state index is 0.0337. The number of Topliss-reactive ketones (excluding diaryl/α,β-unsaturated/α-hetero) is 1. The van der Waals surface area contributed by atoms with Gasteiger partial charge < -0.3 is 19.9 Å². The van der Waals surface area contributed by atoms with Gasteiger partial charge >= 0.3 is 0 Å². The second-order valence-electron chi connectivity index (χ2n) is 10.1. The molecule has 212 valence electrons. The number of rotatable bonds is 13. The molecule has 1 amide bonds. The molecule has 2 N–H and O–H groups in total. The molecule has 2 heterocycles. The van der Waals surface area contributed by atoms with E-state index in [9.17, 15) is 14.7 Å². The Hall–Kier alpha value is -3.79. The summed E-state index contributed by atoms with van der Waals surface area (Å²) >= 11 is 0. The first-order chi connectivity index (χ1) is 19.4. The van der Waals surface area contributed by atoms with E-state index < -0.39 is 6.10 Å². The zero-order valence-corrected chi connectivity index (χ0v) is 23.2. The lowest BCUT2D eigenvalue weighted by Gasteiger charge is -2.35. The van der Waals surface area contributed by atoms with Crippen LogP contribution in [0, 0.1) is 13.8 Å². The molecule has 3 aromatic rings. The van der Waals surface area contributed by atoms with E-state index in [0.717, 1.165) is 42.9 Å². The van der Waals surface area contributed by atoms with Crippen molar-refractivity contribution in [1.82, 2.24) is 20.1 Å². The van der Waals surface area contributed by atoms with Gasteiger partial charge in [0.1, 0.15) is 12.7 Å². The summed E-state index contributed by atoms with van der Waals surface area (Å²) in [5.41, 5.74) is 3.91. The molecule has 0 bridgehead atoms. The van der Waals surface area contributed by atoms with E-state index in [0.29, 0.717) is 36.6 Å². The van der Waals surface area contributed by atoms with Gasteiger partial charge in [0.25, 0.3) is 5.91 Å². The Morgan fingerprint density at radius 1 is 0.925 bits per heavy atom. The number of carbonyl (C=O) groups excluding carboxylic acids is 2. The Kier molecular flexibility index (Phi) is 10.6. The van der Waals surface area contributed by atoms with E-state index in [4.69, 9.17) is 9.47 Å². The number of pyridine rings is 1. The van der Waals surface area contributed by atoms with Gasteiger partial charge in [-0.1, -0.05) is 30.3 Å².